The first kappa shape index (κ1) is 18.5. The van der Waals surface area contributed by atoms with Gasteiger partial charge in [-0.2, -0.15) is 0 Å². The molecule has 5 rings (SSSR count). The van der Waals surface area contributed by atoms with Crippen molar-refractivity contribution in [1.29, 1.82) is 0 Å². The van der Waals surface area contributed by atoms with Gasteiger partial charge in [0.2, 0.25) is 5.91 Å². The Hall–Kier alpha value is -2.50. The summed E-state index contributed by atoms with van der Waals surface area (Å²) in [5.41, 5.74) is 3.23. The lowest BCUT2D eigenvalue weighted by Crippen LogP contribution is -2.45. The molecule has 4 nitrogen and oxygen atoms in total. The van der Waals surface area contributed by atoms with Crippen LogP contribution >= 0.6 is 11.3 Å². The Morgan fingerprint density at radius 1 is 1.07 bits per heavy atom. The van der Waals surface area contributed by atoms with Crippen molar-refractivity contribution in [3.05, 3.63) is 82.4 Å². The minimum absolute atomic E-state index is 0.0992. The van der Waals surface area contributed by atoms with E-state index in [0.29, 0.717) is 0 Å². The van der Waals surface area contributed by atoms with E-state index in [-0.39, 0.29) is 11.3 Å². The molecule has 0 bridgehead atoms. The molecular formula is C24H25N3OS. The molecule has 1 amide bonds. The van der Waals surface area contributed by atoms with Crippen molar-refractivity contribution in [2.24, 2.45) is 0 Å². The Labute approximate surface area is 175 Å². The summed E-state index contributed by atoms with van der Waals surface area (Å²) in [4.78, 5) is 21.7. The van der Waals surface area contributed by atoms with E-state index in [1.165, 1.54) is 10.4 Å². The highest BCUT2D eigenvalue weighted by Crippen LogP contribution is 2.45. The van der Waals surface area contributed by atoms with Crippen LogP contribution in [-0.4, -0.2) is 22.3 Å². The van der Waals surface area contributed by atoms with Gasteiger partial charge < -0.3 is 5.32 Å². The van der Waals surface area contributed by atoms with Gasteiger partial charge in [0.15, 0.2) is 5.13 Å². The fourth-order valence-corrected chi connectivity index (χ4v) is 5.48. The number of amides is 1. The van der Waals surface area contributed by atoms with Crippen LogP contribution in [0.4, 0.5) is 5.13 Å². The number of rotatable bonds is 5. The van der Waals surface area contributed by atoms with E-state index < -0.39 is 0 Å². The van der Waals surface area contributed by atoms with Crippen molar-refractivity contribution in [1.82, 2.24) is 9.88 Å². The van der Waals surface area contributed by atoms with Gasteiger partial charge in [0.05, 0.1) is 11.1 Å². The first-order valence-corrected chi connectivity index (χ1v) is 11.2. The molecule has 29 heavy (non-hydrogen) atoms. The molecule has 0 saturated heterocycles. The number of aromatic nitrogens is 1. The number of nitrogens with one attached hydrogen (secondary N) is 1. The monoisotopic (exact) mass is 403 g/mol. The van der Waals surface area contributed by atoms with Crippen LogP contribution in [0.15, 0.2) is 60.7 Å². The lowest BCUT2D eigenvalue weighted by molar-refractivity contribution is -0.124. The van der Waals surface area contributed by atoms with Gasteiger partial charge in [0, 0.05) is 30.9 Å². The van der Waals surface area contributed by atoms with Crippen LogP contribution in [0.3, 0.4) is 0 Å². The molecule has 1 aliphatic carbocycles. The molecule has 1 aliphatic heterocycles. The van der Waals surface area contributed by atoms with E-state index in [4.69, 9.17) is 4.98 Å². The minimum atomic E-state index is -0.382. The molecule has 1 saturated carbocycles. The van der Waals surface area contributed by atoms with Gasteiger partial charge in [0.1, 0.15) is 0 Å². The highest BCUT2D eigenvalue weighted by Gasteiger charge is 2.45. The molecular weight excluding hydrogens is 378 g/mol. The predicted octanol–water partition coefficient (Wildman–Crippen LogP) is 4.76. The second kappa shape index (κ2) is 7.73. The lowest BCUT2D eigenvalue weighted by atomic mass is 9.64. The number of carbonyl (C=O) groups is 1. The predicted molar refractivity (Wildman–Crippen MR) is 117 cm³/mol. The van der Waals surface area contributed by atoms with E-state index in [9.17, 15) is 4.79 Å². The number of hydrogen-bond donors (Lipinski definition) is 1. The first-order valence-electron chi connectivity index (χ1n) is 10.3. The molecule has 0 spiro atoms. The van der Waals surface area contributed by atoms with Crippen molar-refractivity contribution in [3.63, 3.8) is 0 Å². The van der Waals surface area contributed by atoms with Gasteiger partial charge in [-0.3, -0.25) is 9.69 Å². The maximum Gasteiger partial charge on any atom is 0.236 e. The summed E-state index contributed by atoms with van der Waals surface area (Å²) in [6.07, 6.45) is 3.88. The average molecular weight is 404 g/mol. The van der Waals surface area contributed by atoms with Crippen LogP contribution < -0.4 is 5.32 Å². The van der Waals surface area contributed by atoms with Gasteiger partial charge >= 0.3 is 0 Å². The highest BCUT2D eigenvalue weighted by molar-refractivity contribution is 7.15. The summed E-state index contributed by atoms with van der Waals surface area (Å²) < 4.78 is 0. The molecule has 5 heteroatoms. The van der Waals surface area contributed by atoms with Gasteiger partial charge in [-0.05, 0) is 24.0 Å². The van der Waals surface area contributed by atoms with E-state index in [2.05, 4.69) is 52.7 Å². The number of benzene rings is 2. The van der Waals surface area contributed by atoms with E-state index >= 15 is 0 Å². The number of nitrogens with zero attached hydrogens (tertiary/aromatic N) is 2. The summed E-state index contributed by atoms with van der Waals surface area (Å²) in [5.74, 6) is 0.0992. The zero-order valence-electron chi connectivity index (χ0n) is 16.4. The SMILES string of the molecule is O=C(Nc1nc2c(s1)CN(Cc1ccccc1)CC2)C1(c2ccccc2)CCC1. The van der Waals surface area contributed by atoms with Crippen LogP contribution in [0, 0.1) is 0 Å². The number of thiazole rings is 1. The molecule has 0 unspecified atom stereocenters. The zero-order chi connectivity index (χ0) is 19.7. The van der Waals surface area contributed by atoms with Gasteiger partial charge in [-0.15, -0.1) is 11.3 Å². The third-order valence-corrected chi connectivity index (χ3v) is 7.25. The quantitative estimate of drug-likeness (QED) is 0.668. The lowest BCUT2D eigenvalue weighted by Gasteiger charge is -2.40. The fourth-order valence-electron chi connectivity index (χ4n) is 4.43. The van der Waals surface area contributed by atoms with Crippen LogP contribution in [-0.2, 0) is 29.7 Å². The highest BCUT2D eigenvalue weighted by atomic mass is 32.1. The van der Waals surface area contributed by atoms with E-state index in [1.807, 2.05) is 18.2 Å². The zero-order valence-corrected chi connectivity index (χ0v) is 17.3. The Kier molecular flexibility index (Phi) is 4.94. The minimum Gasteiger partial charge on any atom is -0.301 e. The molecule has 1 fully saturated rings. The molecule has 1 aromatic heterocycles. The molecule has 1 N–H and O–H groups in total. The van der Waals surface area contributed by atoms with Gasteiger partial charge in [0.25, 0.3) is 0 Å². The van der Waals surface area contributed by atoms with Crippen molar-refractivity contribution in [2.45, 2.75) is 44.2 Å². The third kappa shape index (κ3) is 3.61. The third-order valence-electron chi connectivity index (χ3n) is 6.25. The molecule has 2 heterocycles. The number of hydrogen-bond acceptors (Lipinski definition) is 4. The van der Waals surface area contributed by atoms with Crippen LogP contribution in [0.1, 0.15) is 41.0 Å². The first-order chi connectivity index (χ1) is 14.2. The van der Waals surface area contributed by atoms with Crippen molar-refractivity contribution < 1.29 is 4.79 Å². The number of anilines is 1. The Morgan fingerprint density at radius 2 is 1.79 bits per heavy atom. The average Bonchev–Trinajstić information content (AvgIpc) is 3.10. The van der Waals surface area contributed by atoms with Crippen molar-refractivity contribution in [3.8, 4) is 0 Å². The summed E-state index contributed by atoms with van der Waals surface area (Å²) in [5, 5.41) is 3.91. The Balaban J connectivity index is 1.29. The van der Waals surface area contributed by atoms with Crippen LogP contribution in [0.2, 0.25) is 0 Å². The Morgan fingerprint density at radius 3 is 2.48 bits per heavy atom. The Bertz CT molecular complexity index is 995. The van der Waals surface area contributed by atoms with Gasteiger partial charge in [-0.25, -0.2) is 4.98 Å². The standard InChI is InChI=1S/C24H25N3OS/c28-22(24(13-7-14-24)19-10-5-2-6-11-19)26-23-25-20-12-15-27(17-21(20)29-23)16-18-8-3-1-4-9-18/h1-6,8-11H,7,12-17H2,(H,25,26,28). The summed E-state index contributed by atoms with van der Waals surface area (Å²) in [6, 6.07) is 20.8. The molecule has 0 radical (unpaired) electrons. The molecule has 0 atom stereocenters. The molecule has 2 aliphatic rings. The topological polar surface area (TPSA) is 45.2 Å². The fraction of sp³-hybridized carbons (Fsp3) is 0.333. The molecule has 148 valence electrons. The maximum absolute atomic E-state index is 13.2. The van der Waals surface area contributed by atoms with E-state index in [0.717, 1.165) is 61.7 Å². The molecule has 3 aromatic rings. The number of fused-ring (bicyclic) bond motifs is 1. The smallest absolute Gasteiger partial charge is 0.236 e. The molecule has 2 aromatic carbocycles. The maximum atomic E-state index is 13.2. The van der Waals surface area contributed by atoms with E-state index in [1.54, 1.807) is 11.3 Å². The largest absolute Gasteiger partial charge is 0.301 e. The van der Waals surface area contributed by atoms with Crippen molar-refractivity contribution >= 4 is 22.4 Å². The summed E-state index contributed by atoms with van der Waals surface area (Å²) in [7, 11) is 0. The van der Waals surface area contributed by atoms with Crippen molar-refractivity contribution in [2.75, 3.05) is 11.9 Å². The van der Waals surface area contributed by atoms with Crippen LogP contribution in [0.5, 0.6) is 0 Å². The summed E-state index contributed by atoms with van der Waals surface area (Å²) in [6.45, 7) is 2.87. The second-order valence-electron chi connectivity index (χ2n) is 8.09. The second-order valence-corrected chi connectivity index (χ2v) is 9.17. The number of carbonyl (C=O) groups excluding carboxylic acids is 1. The van der Waals surface area contributed by atoms with Gasteiger partial charge in [-0.1, -0.05) is 67.1 Å². The summed E-state index contributed by atoms with van der Waals surface area (Å²) >= 11 is 1.64. The van der Waals surface area contributed by atoms with Crippen LogP contribution in [0.25, 0.3) is 0 Å². The normalized spacial score (nSPS) is 17.9.